The molecule has 1 heterocycles. The molecule has 0 saturated carbocycles. The van der Waals surface area contributed by atoms with Crippen molar-refractivity contribution in [1.82, 2.24) is 9.55 Å². The van der Waals surface area contributed by atoms with Crippen molar-refractivity contribution in [3.63, 3.8) is 0 Å². The van der Waals surface area contributed by atoms with Gasteiger partial charge in [0, 0.05) is 19.4 Å². The highest BCUT2D eigenvalue weighted by Crippen LogP contribution is 2.18. The van der Waals surface area contributed by atoms with Gasteiger partial charge in [-0.1, -0.05) is 19.1 Å². The number of Topliss-reactive ketones (excluding diaryl/α,β-unsaturated/α-hetero) is 1. The van der Waals surface area contributed by atoms with Crippen LogP contribution in [0.15, 0.2) is 24.3 Å². The molecule has 3 heteroatoms. The fraction of sp³-hybridized carbons (Fsp3) is 0.467. The van der Waals surface area contributed by atoms with Gasteiger partial charge in [-0.2, -0.15) is 0 Å². The molecule has 0 fully saturated rings. The first-order chi connectivity index (χ1) is 8.72. The molecule has 0 amide bonds. The van der Waals surface area contributed by atoms with Crippen LogP contribution in [0.4, 0.5) is 0 Å². The van der Waals surface area contributed by atoms with Crippen molar-refractivity contribution >= 4 is 16.8 Å². The number of hydrogen-bond acceptors (Lipinski definition) is 2. The minimum atomic E-state index is 0.261. The van der Waals surface area contributed by atoms with Gasteiger partial charge in [-0.15, -0.1) is 0 Å². The van der Waals surface area contributed by atoms with E-state index < -0.39 is 0 Å². The predicted octanol–water partition coefficient (Wildman–Crippen LogP) is 3.36. The zero-order valence-electron chi connectivity index (χ0n) is 11.1. The standard InChI is InChI=1S/C15H20N2O/c1-3-7-15-16-13-9-4-5-10-14(13)17(15)11-6-8-12(2)18/h4-5,9-10H,3,6-8,11H2,1-2H3. The van der Waals surface area contributed by atoms with Gasteiger partial charge in [-0.25, -0.2) is 4.98 Å². The SMILES string of the molecule is CCCc1nc2ccccc2n1CCCC(C)=O. The van der Waals surface area contributed by atoms with Gasteiger partial charge in [0.25, 0.3) is 0 Å². The average Bonchev–Trinajstić information content (AvgIpc) is 2.68. The first-order valence-corrected chi connectivity index (χ1v) is 6.66. The molecule has 1 aromatic heterocycles. The molecule has 2 aromatic rings. The fourth-order valence-electron chi connectivity index (χ4n) is 2.28. The van der Waals surface area contributed by atoms with E-state index in [9.17, 15) is 4.79 Å². The van der Waals surface area contributed by atoms with Gasteiger partial charge in [-0.3, -0.25) is 0 Å². The number of carbonyl (C=O) groups is 1. The number of benzene rings is 1. The Morgan fingerprint density at radius 2 is 2.11 bits per heavy atom. The fourth-order valence-corrected chi connectivity index (χ4v) is 2.28. The number of fused-ring (bicyclic) bond motifs is 1. The van der Waals surface area contributed by atoms with Crippen LogP contribution in [0.2, 0.25) is 0 Å². The van der Waals surface area contributed by atoms with E-state index in [1.165, 1.54) is 5.52 Å². The second kappa shape index (κ2) is 5.80. The highest BCUT2D eigenvalue weighted by molar-refractivity contribution is 5.76. The van der Waals surface area contributed by atoms with E-state index in [0.717, 1.165) is 37.1 Å². The topological polar surface area (TPSA) is 34.9 Å². The summed E-state index contributed by atoms with van der Waals surface area (Å²) in [5.41, 5.74) is 2.24. The lowest BCUT2D eigenvalue weighted by Crippen LogP contribution is -2.05. The molecule has 2 rings (SSSR count). The Kier molecular flexibility index (Phi) is 4.13. The quantitative estimate of drug-likeness (QED) is 0.781. The first kappa shape index (κ1) is 12.8. The van der Waals surface area contributed by atoms with E-state index in [0.29, 0.717) is 6.42 Å². The van der Waals surface area contributed by atoms with Gasteiger partial charge in [0.05, 0.1) is 11.0 Å². The van der Waals surface area contributed by atoms with Crippen molar-refractivity contribution < 1.29 is 4.79 Å². The van der Waals surface area contributed by atoms with E-state index in [-0.39, 0.29) is 5.78 Å². The Bertz CT molecular complexity index is 542. The second-order valence-electron chi connectivity index (χ2n) is 4.72. The third-order valence-corrected chi connectivity index (χ3v) is 3.12. The second-order valence-corrected chi connectivity index (χ2v) is 4.72. The highest BCUT2D eigenvalue weighted by Gasteiger charge is 2.09. The highest BCUT2D eigenvalue weighted by atomic mass is 16.1. The lowest BCUT2D eigenvalue weighted by Gasteiger charge is -2.07. The molecular formula is C15H20N2O. The largest absolute Gasteiger partial charge is 0.328 e. The van der Waals surface area contributed by atoms with E-state index in [1.54, 1.807) is 6.92 Å². The predicted molar refractivity (Wildman–Crippen MR) is 73.6 cm³/mol. The molecule has 0 unspecified atom stereocenters. The third kappa shape index (κ3) is 2.78. The maximum atomic E-state index is 11.0. The molecule has 96 valence electrons. The van der Waals surface area contributed by atoms with Crippen molar-refractivity contribution in [1.29, 1.82) is 0 Å². The van der Waals surface area contributed by atoms with Crippen molar-refractivity contribution in [3.8, 4) is 0 Å². The van der Waals surface area contributed by atoms with Crippen LogP contribution in [0.5, 0.6) is 0 Å². The molecule has 3 nitrogen and oxygen atoms in total. The van der Waals surface area contributed by atoms with Crippen molar-refractivity contribution in [3.05, 3.63) is 30.1 Å². The maximum Gasteiger partial charge on any atom is 0.129 e. The van der Waals surface area contributed by atoms with Crippen LogP contribution in [-0.4, -0.2) is 15.3 Å². The summed E-state index contributed by atoms with van der Waals surface area (Å²) in [4.78, 5) is 15.7. The van der Waals surface area contributed by atoms with Crippen LogP contribution in [-0.2, 0) is 17.8 Å². The summed E-state index contributed by atoms with van der Waals surface area (Å²) in [5.74, 6) is 1.40. The molecule has 0 spiro atoms. The Balaban J connectivity index is 2.26. The van der Waals surface area contributed by atoms with Gasteiger partial charge in [0.2, 0.25) is 0 Å². The number of rotatable bonds is 6. The summed E-state index contributed by atoms with van der Waals surface area (Å²) in [6, 6.07) is 8.22. The molecule has 0 aliphatic carbocycles. The Hall–Kier alpha value is -1.64. The van der Waals surface area contributed by atoms with Crippen LogP contribution < -0.4 is 0 Å². The van der Waals surface area contributed by atoms with Crippen molar-refractivity contribution in [2.45, 2.75) is 46.1 Å². The van der Waals surface area contributed by atoms with Crippen LogP contribution in [0.1, 0.15) is 38.9 Å². The Labute approximate surface area is 108 Å². The Morgan fingerprint density at radius 3 is 2.83 bits per heavy atom. The number of para-hydroxylation sites is 2. The maximum absolute atomic E-state index is 11.0. The lowest BCUT2D eigenvalue weighted by atomic mass is 10.2. The smallest absolute Gasteiger partial charge is 0.129 e. The molecule has 0 N–H and O–H groups in total. The molecule has 0 bridgehead atoms. The van der Waals surface area contributed by atoms with Crippen LogP contribution >= 0.6 is 0 Å². The molecular weight excluding hydrogens is 224 g/mol. The number of carbonyl (C=O) groups excluding carboxylic acids is 1. The van der Waals surface area contributed by atoms with Gasteiger partial charge < -0.3 is 9.36 Å². The minimum Gasteiger partial charge on any atom is -0.328 e. The molecule has 0 radical (unpaired) electrons. The van der Waals surface area contributed by atoms with E-state index in [4.69, 9.17) is 0 Å². The molecule has 0 atom stereocenters. The Morgan fingerprint density at radius 1 is 1.33 bits per heavy atom. The van der Waals surface area contributed by atoms with Crippen LogP contribution in [0, 0.1) is 0 Å². The summed E-state index contributed by atoms with van der Waals surface area (Å²) in [5, 5.41) is 0. The van der Waals surface area contributed by atoms with Crippen LogP contribution in [0.25, 0.3) is 11.0 Å². The monoisotopic (exact) mass is 244 g/mol. The summed E-state index contributed by atoms with van der Waals surface area (Å²) < 4.78 is 2.27. The van der Waals surface area contributed by atoms with E-state index >= 15 is 0 Å². The number of aryl methyl sites for hydroxylation is 2. The van der Waals surface area contributed by atoms with Crippen molar-refractivity contribution in [2.24, 2.45) is 0 Å². The van der Waals surface area contributed by atoms with Gasteiger partial charge in [0.1, 0.15) is 11.6 Å². The summed E-state index contributed by atoms with van der Waals surface area (Å²) in [6.45, 7) is 4.70. The molecule has 18 heavy (non-hydrogen) atoms. The molecule has 0 aliphatic rings. The minimum absolute atomic E-state index is 0.261. The van der Waals surface area contributed by atoms with Gasteiger partial charge in [0.15, 0.2) is 0 Å². The normalized spacial score (nSPS) is 11.0. The van der Waals surface area contributed by atoms with Crippen LogP contribution in [0.3, 0.4) is 0 Å². The molecule has 0 aliphatic heterocycles. The molecule has 0 saturated heterocycles. The van der Waals surface area contributed by atoms with Gasteiger partial charge >= 0.3 is 0 Å². The number of imidazole rings is 1. The summed E-state index contributed by atoms with van der Waals surface area (Å²) in [7, 11) is 0. The van der Waals surface area contributed by atoms with Gasteiger partial charge in [-0.05, 0) is 31.9 Å². The average molecular weight is 244 g/mol. The number of nitrogens with zero attached hydrogens (tertiary/aromatic N) is 2. The molecule has 1 aromatic carbocycles. The van der Waals surface area contributed by atoms with Crippen molar-refractivity contribution in [2.75, 3.05) is 0 Å². The zero-order valence-corrected chi connectivity index (χ0v) is 11.1. The number of aromatic nitrogens is 2. The van der Waals surface area contributed by atoms with E-state index in [2.05, 4.69) is 28.6 Å². The summed E-state index contributed by atoms with van der Waals surface area (Å²) in [6.07, 6.45) is 3.63. The third-order valence-electron chi connectivity index (χ3n) is 3.12. The number of hydrogen-bond donors (Lipinski definition) is 0. The van der Waals surface area contributed by atoms with E-state index in [1.807, 2.05) is 12.1 Å². The summed E-state index contributed by atoms with van der Waals surface area (Å²) >= 11 is 0. The lowest BCUT2D eigenvalue weighted by molar-refractivity contribution is -0.117. The number of ketones is 1. The zero-order chi connectivity index (χ0) is 13.0. The first-order valence-electron chi connectivity index (χ1n) is 6.66.